The molecular formula is H4ClK2O4P. The van der Waals surface area contributed by atoms with Gasteiger partial charge in [-0.15, -0.1) is 0 Å². The summed E-state index contributed by atoms with van der Waals surface area (Å²) in [4.78, 5) is 21.6. The number of hydrogen-bond acceptors (Lipinski definition) is 1. The molecule has 0 atom stereocenters. The van der Waals surface area contributed by atoms with Gasteiger partial charge in [-0.3, -0.25) is 0 Å². The van der Waals surface area contributed by atoms with Crippen molar-refractivity contribution in [3.63, 3.8) is 0 Å². The Bertz CT molecular complexity index is 64.7. The molecule has 0 unspecified atom stereocenters. The van der Waals surface area contributed by atoms with E-state index in [1.807, 2.05) is 0 Å². The van der Waals surface area contributed by atoms with Gasteiger partial charge in [0, 0.05) is 0 Å². The second kappa shape index (κ2) is 10.7. The van der Waals surface area contributed by atoms with E-state index in [9.17, 15) is 0 Å². The third-order valence-electron chi connectivity index (χ3n) is 0. The van der Waals surface area contributed by atoms with Crippen molar-refractivity contribution in [1.29, 1.82) is 0 Å². The summed E-state index contributed by atoms with van der Waals surface area (Å²) in [6, 6.07) is 0. The van der Waals surface area contributed by atoms with E-state index < -0.39 is 7.82 Å². The number of halogens is 1. The van der Waals surface area contributed by atoms with Gasteiger partial charge in [-0.1, -0.05) is 0 Å². The van der Waals surface area contributed by atoms with E-state index in [1.54, 1.807) is 0 Å². The fourth-order valence-electron chi connectivity index (χ4n) is 0. The van der Waals surface area contributed by atoms with Gasteiger partial charge >= 0.3 is 111 Å². The molecule has 0 aromatic rings. The Morgan fingerprint density at radius 3 is 1.12 bits per heavy atom. The Morgan fingerprint density at radius 1 is 1.12 bits per heavy atom. The van der Waals surface area contributed by atoms with Crippen molar-refractivity contribution in [3.05, 3.63) is 0 Å². The van der Waals surface area contributed by atoms with Crippen LogP contribution in [-0.4, -0.2) is 14.7 Å². The summed E-state index contributed by atoms with van der Waals surface area (Å²) < 4.78 is 8.88. The van der Waals surface area contributed by atoms with E-state index in [2.05, 4.69) is 0 Å². The number of hydrogen-bond donors (Lipinski definition) is 3. The van der Waals surface area contributed by atoms with Gasteiger partial charge in [0.15, 0.2) is 0 Å². The first-order chi connectivity index (χ1) is 2.00. The minimum absolute atomic E-state index is 0. The van der Waals surface area contributed by atoms with Crippen LogP contribution in [0.2, 0.25) is 0 Å². The zero-order chi connectivity index (χ0) is 4.50. The molecule has 0 aliphatic heterocycles. The maximum Gasteiger partial charge on any atom is 1.00 e. The molecule has 0 radical (unpaired) electrons. The quantitative estimate of drug-likeness (QED) is 0.275. The van der Waals surface area contributed by atoms with Gasteiger partial charge in [0.1, 0.15) is 0 Å². The SMILES string of the molecule is O=P(O)(O)O.[Cl-].[H-].[K+].[K+]. The maximum atomic E-state index is 8.88. The van der Waals surface area contributed by atoms with Crippen molar-refractivity contribution >= 4 is 7.82 Å². The summed E-state index contributed by atoms with van der Waals surface area (Å²) in [6.45, 7) is 0. The second-order valence-corrected chi connectivity index (χ2v) is 1.54. The average Bonchev–Trinajstić information content (AvgIpc) is 0.722. The largest absolute Gasteiger partial charge is 1.00 e. The Kier molecular flexibility index (Phi) is 30.1. The molecule has 0 amide bonds. The van der Waals surface area contributed by atoms with Crippen LogP contribution in [0.4, 0.5) is 0 Å². The average molecular weight is 213 g/mol. The number of phosphoric acid groups is 1. The van der Waals surface area contributed by atoms with Crippen molar-refractivity contribution in [3.8, 4) is 0 Å². The van der Waals surface area contributed by atoms with Crippen LogP contribution < -0.4 is 115 Å². The molecule has 0 saturated carbocycles. The molecule has 4 nitrogen and oxygen atoms in total. The summed E-state index contributed by atoms with van der Waals surface area (Å²) in [6.07, 6.45) is 0. The molecule has 0 heterocycles. The number of rotatable bonds is 0. The predicted molar refractivity (Wildman–Crippen MR) is 15.4 cm³/mol. The third-order valence-corrected chi connectivity index (χ3v) is 0. The summed E-state index contributed by atoms with van der Waals surface area (Å²) in [5.41, 5.74) is 0. The standard InChI is InChI=1S/ClH.2K.H3O4P.H/c;;;1-5(2,3)4;/h1H;;;(H3,1,2,3,4);/q;2*+1;;-1/p-1. The first-order valence-electron chi connectivity index (χ1n) is 0.783. The zero-order valence-electron chi connectivity index (χ0n) is 5.58. The van der Waals surface area contributed by atoms with E-state index in [-0.39, 0.29) is 117 Å². The van der Waals surface area contributed by atoms with Gasteiger partial charge < -0.3 is 28.5 Å². The first-order valence-corrected chi connectivity index (χ1v) is 2.35. The maximum absolute atomic E-state index is 8.88. The molecule has 0 aromatic heterocycles. The van der Waals surface area contributed by atoms with Crippen molar-refractivity contribution in [2.75, 3.05) is 0 Å². The molecule has 0 rings (SSSR count). The van der Waals surface area contributed by atoms with Crippen LogP contribution in [0.1, 0.15) is 1.43 Å². The summed E-state index contributed by atoms with van der Waals surface area (Å²) in [7, 11) is -4.64. The smallest absolute Gasteiger partial charge is 1.00 e. The van der Waals surface area contributed by atoms with Crippen LogP contribution in [0.25, 0.3) is 0 Å². The van der Waals surface area contributed by atoms with Gasteiger partial charge in [0.05, 0.1) is 0 Å². The van der Waals surface area contributed by atoms with Crippen molar-refractivity contribution in [1.82, 2.24) is 0 Å². The molecule has 0 saturated heterocycles. The van der Waals surface area contributed by atoms with Gasteiger partial charge in [-0.25, -0.2) is 4.57 Å². The predicted octanol–water partition coefficient (Wildman–Crippen LogP) is -9.80. The second-order valence-electron chi connectivity index (χ2n) is 0.513. The van der Waals surface area contributed by atoms with Crippen LogP contribution in [0.15, 0.2) is 0 Å². The summed E-state index contributed by atoms with van der Waals surface area (Å²) >= 11 is 0. The van der Waals surface area contributed by atoms with E-state index in [4.69, 9.17) is 19.2 Å². The van der Waals surface area contributed by atoms with Crippen LogP contribution in [-0.2, 0) is 4.57 Å². The van der Waals surface area contributed by atoms with Gasteiger partial charge in [-0.05, 0) is 0 Å². The van der Waals surface area contributed by atoms with E-state index >= 15 is 0 Å². The van der Waals surface area contributed by atoms with Crippen LogP contribution in [0.5, 0.6) is 0 Å². The minimum atomic E-state index is -4.64. The van der Waals surface area contributed by atoms with Crippen LogP contribution >= 0.6 is 7.82 Å². The van der Waals surface area contributed by atoms with Gasteiger partial charge in [0.2, 0.25) is 0 Å². The third kappa shape index (κ3) is 53.9. The van der Waals surface area contributed by atoms with Crippen molar-refractivity contribution < 1.29 is 136 Å². The molecule has 0 aliphatic rings. The normalized spacial score (nSPS) is 7.38. The Balaban J connectivity index is -0.0000000133. The Hall–Kier alpha value is 3.67. The zero-order valence-corrected chi connectivity index (χ0v) is 12.5. The molecule has 3 N–H and O–H groups in total. The van der Waals surface area contributed by atoms with Crippen molar-refractivity contribution in [2.45, 2.75) is 0 Å². The molecule has 0 fully saturated rings. The van der Waals surface area contributed by atoms with Gasteiger partial charge in [-0.2, -0.15) is 0 Å². The van der Waals surface area contributed by atoms with Crippen molar-refractivity contribution in [2.24, 2.45) is 0 Å². The fourth-order valence-corrected chi connectivity index (χ4v) is 0. The minimum Gasteiger partial charge on any atom is -1.00 e. The Labute approximate surface area is 140 Å². The molecular weight excluding hydrogens is 209 g/mol. The monoisotopic (exact) mass is 212 g/mol. The van der Waals surface area contributed by atoms with Crippen LogP contribution in [0, 0.1) is 0 Å². The first kappa shape index (κ1) is 22.6. The van der Waals surface area contributed by atoms with E-state index in [0.717, 1.165) is 0 Å². The molecule has 0 aliphatic carbocycles. The molecule has 0 spiro atoms. The molecule has 42 valence electrons. The molecule has 8 heavy (non-hydrogen) atoms. The Morgan fingerprint density at radius 2 is 1.12 bits per heavy atom. The topological polar surface area (TPSA) is 77.8 Å². The van der Waals surface area contributed by atoms with E-state index in [1.165, 1.54) is 0 Å². The fraction of sp³-hybridized carbons (Fsp3) is 0. The van der Waals surface area contributed by atoms with Crippen LogP contribution in [0.3, 0.4) is 0 Å². The molecule has 0 bridgehead atoms. The molecule has 8 heteroatoms. The van der Waals surface area contributed by atoms with Gasteiger partial charge in [0.25, 0.3) is 0 Å². The summed E-state index contributed by atoms with van der Waals surface area (Å²) in [5, 5.41) is 0. The summed E-state index contributed by atoms with van der Waals surface area (Å²) in [5.74, 6) is 0. The van der Waals surface area contributed by atoms with E-state index in [0.29, 0.717) is 0 Å². The molecule has 0 aromatic carbocycles.